The Bertz CT molecular complexity index is 671. The Labute approximate surface area is 134 Å². The lowest BCUT2D eigenvalue weighted by Gasteiger charge is -2.08. The predicted octanol–water partition coefficient (Wildman–Crippen LogP) is 1.12. The zero-order valence-electron chi connectivity index (χ0n) is 12.2. The Morgan fingerprint density at radius 3 is 2.59 bits per heavy atom. The van der Waals surface area contributed by atoms with Gasteiger partial charge in [0.1, 0.15) is 5.69 Å². The smallest absolute Gasteiger partial charge is 0.271 e. The summed E-state index contributed by atoms with van der Waals surface area (Å²) in [6.45, 7) is 2.35. The molecule has 0 aliphatic rings. The first-order valence-electron chi connectivity index (χ1n) is 6.77. The first-order chi connectivity index (χ1) is 10.1. The van der Waals surface area contributed by atoms with E-state index in [4.69, 9.17) is 5.73 Å². The van der Waals surface area contributed by atoms with E-state index in [1.54, 1.807) is 24.3 Å². The van der Waals surface area contributed by atoms with E-state index in [9.17, 15) is 9.59 Å². The van der Waals surface area contributed by atoms with Gasteiger partial charge in [0.15, 0.2) is 0 Å². The van der Waals surface area contributed by atoms with Crippen molar-refractivity contribution in [2.45, 2.75) is 19.4 Å². The number of rotatable bonds is 5. The summed E-state index contributed by atoms with van der Waals surface area (Å²) in [7, 11) is 0. The van der Waals surface area contributed by atoms with Crippen LogP contribution in [0.2, 0.25) is 0 Å². The van der Waals surface area contributed by atoms with E-state index in [-0.39, 0.29) is 35.6 Å². The minimum atomic E-state index is -0.319. The standard InChI is InChI=1S/C15H18N4O2.ClH/c1-11(16)9-10-17-15(21)13-7-8-14(20)19(18-13)12-5-3-2-4-6-12;/h2-8,11H,9-10,16H2,1H3,(H,17,21);1H. The first-order valence-corrected chi connectivity index (χ1v) is 6.77. The van der Waals surface area contributed by atoms with Crippen molar-refractivity contribution >= 4 is 18.3 Å². The summed E-state index contributed by atoms with van der Waals surface area (Å²) < 4.78 is 1.21. The van der Waals surface area contributed by atoms with Gasteiger partial charge < -0.3 is 11.1 Å². The minimum absolute atomic E-state index is 0. The number of carbonyl (C=O) groups excluding carboxylic acids is 1. The van der Waals surface area contributed by atoms with E-state index in [0.717, 1.165) is 0 Å². The lowest BCUT2D eigenvalue weighted by molar-refractivity contribution is 0.0946. The van der Waals surface area contributed by atoms with E-state index in [0.29, 0.717) is 18.7 Å². The summed E-state index contributed by atoms with van der Waals surface area (Å²) in [5, 5.41) is 6.83. The third-order valence-electron chi connectivity index (χ3n) is 2.92. The number of aromatic nitrogens is 2. The molecule has 2 aromatic rings. The average Bonchev–Trinajstić information content (AvgIpc) is 2.48. The molecule has 1 unspecified atom stereocenters. The zero-order valence-corrected chi connectivity index (χ0v) is 13.0. The molecule has 1 amide bonds. The Balaban J connectivity index is 0.00000242. The molecular formula is C15H19ClN4O2. The van der Waals surface area contributed by atoms with Gasteiger partial charge in [0.2, 0.25) is 0 Å². The summed E-state index contributed by atoms with van der Waals surface area (Å²) in [6.07, 6.45) is 0.685. The van der Waals surface area contributed by atoms with Crippen molar-refractivity contribution in [1.82, 2.24) is 15.1 Å². The van der Waals surface area contributed by atoms with Crippen molar-refractivity contribution in [3.8, 4) is 5.69 Å². The summed E-state index contributed by atoms with van der Waals surface area (Å²) in [4.78, 5) is 23.8. The van der Waals surface area contributed by atoms with E-state index in [1.165, 1.54) is 16.8 Å². The van der Waals surface area contributed by atoms with Gasteiger partial charge in [-0.2, -0.15) is 9.78 Å². The number of para-hydroxylation sites is 1. The molecule has 0 radical (unpaired) electrons. The highest BCUT2D eigenvalue weighted by molar-refractivity contribution is 5.92. The highest BCUT2D eigenvalue weighted by Crippen LogP contribution is 2.02. The van der Waals surface area contributed by atoms with Crippen molar-refractivity contribution < 1.29 is 4.79 Å². The summed E-state index contributed by atoms with van der Waals surface area (Å²) in [6, 6.07) is 11.7. The SMILES string of the molecule is CC(N)CCNC(=O)c1ccc(=O)n(-c2ccccc2)n1.Cl. The monoisotopic (exact) mass is 322 g/mol. The molecule has 22 heavy (non-hydrogen) atoms. The summed E-state index contributed by atoms with van der Waals surface area (Å²) >= 11 is 0. The van der Waals surface area contributed by atoms with Crippen molar-refractivity contribution in [3.05, 3.63) is 58.5 Å². The number of hydrogen-bond acceptors (Lipinski definition) is 4. The molecular weight excluding hydrogens is 304 g/mol. The van der Waals surface area contributed by atoms with Crippen LogP contribution in [0.1, 0.15) is 23.8 Å². The fourth-order valence-electron chi connectivity index (χ4n) is 1.79. The van der Waals surface area contributed by atoms with Crippen LogP contribution in [0.3, 0.4) is 0 Å². The quantitative estimate of drug-likeness (QED) is 0.863. The van der Waals surface area contributed by atoms with E-state index >= 15 is 0 Å². The normalized spacial score (nSPS) is 11.4. The predicted molar refractivity (Wildman–Crippen MR) is 87.7 cm³/mol. The van der Waals surface area contributed by atoms with E-state index in [1.807, 2.05) is 13.0 Å². The Hall–Kier alpha value is -2.18. The maximum atomic E-state index is 12.0. The number of nitrogens with one attached hydrogen (secondary N) is 1. The second-order valence-corrected chi connectivity index (χ2v) is 4.83. The summed E-state index contributed by atoms with van der Waals surface area (Å²) in [5.74, 6) is -0.319. The van der Waals surface area contributed by atoms with Gasteiger partial charge in [0.25, 0.3) is 11.5 Å². The highest BCUT2D eigenvalue weighted by Gasteiger charge is 2.10. The second-order valence-electron chi connectivity index (χ2n) is 4.83. The lowest BCUT2D eigenvalue weighted by atomic mass is 10.2. The molecule has 6 nitrogen and oxygen atoms in total. The van der Waals surface area contributed by atoms with Gasteiger partial charge in [-0.3, -0.25) is 9.59 Å². The van der Waals surface area contributed by atoms with Crippen molar-refractivity contribution in [3.63, 3.8) is 0 Å². The van der Waals surface area contributed by atoms with Gasteiger partial charge in [0.05, 0.1) is 5.69 Å². The van der Waals surface area contributed by atoms with E-state index in [2.05, 4.69) is 10.4 Å². The highest BCUT2D eigenvalue weighted by atomic mass is 35.5. The van der Waals surface area contributed by atoms with Crippen LogP contribution in [-0.4, -0.2) is 28.3 Å². The third-order valence-corrected chi connectivity index (χ3v) is 2.92. The van der Waals surface area contributed by atoms with Crippen molar-refractivity contribution in [2.75, 3.05) is 6.54 Å². The van der Waals surface area contributed by atoms with Crippen molar-refractivity contribution in [1.29, 1.82) is 0 Å². The Morgan fingerprint density at radius 2 is 1.95 bits per heavy atom. The van der Waals surface area contributed by atoms with Gasteiger partial charge in [-0.05, 0) is 31.5 Å². The van der Waals surface area contributed by atoms with Crippen LogP contribution in [0, 0.1) is 0 Å². The zero-order chi connectivity index (χ0) is 15.2. The fourth-order valence-corrected chi connectivity index (χ4v) is 1.79. The first kappa shape index (κ1) is 17.9. The van der Waals surface area contributed by atoms with Crippen LogP contribution in [0.25, 0.3) is 5.69 Å². The molecule has 0 aliphatic carbocycles. The van der Waals surface area contributed by atoms with Gasteiger partial charge >= 0.3 is 0 Å². The second kappa shape index (κ2) is 8.31. The topological polar surface area (TPSA) is 90.0 Å². The number of benzene rings is 1. The minimum Gasteiger partial charge on any atom is -0.351 e. The number of halogens is 1. The number of hydrogen-bond donors (Lipinski definition) is 2. The lowest BCUT2D eigenvalue weighted by Crippen LogP contribution is -2.31. The Morgan fingerprint density at radius 1 is 1.27 bits per heavy atom. The molecule has 1 aromatic carbocycles. The van der Waals surface area contributed by atoms with E-state index < -0.39 is 0 Å². The number of nitrogens with zero attached hydrogens (tertiary/aromatic N) is 2. The third kappa shape index (κ3) is 4.68. The van der Waals surface area contributed by atoms with Gasteiger partial charge in [0, 0.05) is 18.7 Å². The maximum Gasteiger partial charge on any atom is 0.271 e. The largest absolute Gasteiger partial charge is 0.351 e. The van der Waals surface area contributed by atoms with Gasteiger partial charge in [-0.1, -0.05) is 18.2 Å². The van der Waals surface area contributed by atoms with Gasteiger partial charge in [-0.15, -0.1) is 12.4 Å². The molecule has 3 N–H and O–H groups in total. The molecule has 2 rings (SSSR count). The summed E-state index contributed by atoms with van der Waals surface area (Å²) in [5.41, 5.74) is 6.16. The number of amides is 1. The van der Waals surface area contributed by atoms with Crippen molar-refractivity contribution in [2.24, 2.45) is 5.73 Å². The van der Waals surface area contributed by atoms with Crippen LogP contribution in [0.4, 0.5) is 0 Å². The van der Waals surface area contributed by atoms with Crippen LogP contribution >= 0.6 is 12.4 Å². The molecule has 1 heterocycles. The maximum absolute atomic E-state index is 12.0. The van der Waals surface area contributed by atoms with Crippen LogP contribution in [0.15, 0.2) is 47.3 Å². The van der Waals surface area contributed by atoms with Gasteiger partial charge in [-0.25, -0.2) is 0 Å². The molecule has 0 aliphatic heterocycles. The van der Waals surface area contributed by atoms with Crippen LogP contribution in [0.5, 0.6) is 0 Å². The molecule has 0 spiro atoms. The van der Waals surface area contributed by atoms with Crippen LogP contribution in [-0.2, 0) is 0 Å². The molecule has 0 saturated carbocycles. The molecule has 0 fully saturated rings. The number of nitrogens with two attached hydrogens (primary N) is 1. The average molecular weight is 323 g/mol. The molecule has 7 heteroatoms. The fraction of sp³-hybridized carbons (Fsp3) is 0.267. The Kier molecular flexibility index (Phi) is 6.75. The van der Waals surface area contributed by atoms with Crippen LogP contribution < -0.4 is 16.6 Å². The molecule has 1 aromatic heterocycles. The molecule has 0 bridgehead atoms. The molecule has 118 valence electrons. The molecule has 0 saturated heterocycles. The molecule has 1 atom stereocenters. The number of carbonyl (C=O) groups is 1.